The highest BCUT2D eigenvalue weighted by Crippen LogP contribution is 2.16. The maximum Gasteiger partial charge on any atom is 0.315 e. The summed E-state index contributed by atoms with van der Waals surface area (Å²) >= 11 is 0. The van der Waals surface area contributed by atoms with Crippen LogP contribution in [0.4, 0.5) is 4.79 Å². The van der Waals surface area contributed by atoms with E-state index in [4.69, 9.17) is 5.73 Å². The number of nitrogens with one attached hydrogen (secondary N) is 1. The average Bonchev–Trinajstić information content (AvgIpc) is 2.35. The van der Waals surface area contributed by atoms with Crippen LogP contribution in [0, 0.1) is 0 Å². The molecule has 66 valence electrons. The molecular weight excluding hydrogens is 184 g/mol. The molecule has 1 heterocycles. The first-order chi connectivity index (χ1) is 5.57. The van der Waals surface area contributed by atoms with Crippen molar-refractivity contribution in [2.24, 2.45) is 16.0 Å². The van der Waals surface area contributed by atoms with Crippen LogP contribution >= 0.6 is 0 Å². The second-order valence-electron chi connectivity index (χ2n) is 2.00. The molecule has 8 heteroatoms. The van der Waals surface area contributed by atoms with Crippen molar-refractivity contribution >= 4 is 16.7 Å². The number of carbonyl (C=O) groups is 1. The molecular formula is C4H6N4O3S. The average molecular weight is 190 g/mol. The Kier molecular flexibility index (Phi) is 2.09. The minimum absolute atomic E-state index is 0.972. The summed E-state index contributed by atoms with van der Waals surface area (Å²) in [6, 6.07) is -0.972. The van der Waals surface area contributed by atoms with Gasteiger partial charge in [0.15, 0.2) is 10.7 Å². The smallest absolute Gasteiger partial charge is 0.315 e. The lowest BCUT2D eigenvalue weighted by Gasteiger charge is -2.14. The Bertz CT molecular complexity index is 311. The van der Waals surface area contributed by atoms with Gasteiger partial charge < -0.3 is 5.73 Å². The number of nitrogens with zero attached hydrogens (tertiary/aromatic N) is 2. The Balaban J connectivity index is 2.96. The maximum absolute atomic E-state index is 10.6. The molecule has 0 radical (unpaired) electrons. The van der Waals surface area contributed by atoms with Crippen molar-refractivity contribution in [1.82, 2.24) is 5.32 Å². The van der Waals surface area contributed by atoms with Gasteiger partial charge in [-0.2, -0.15) is 5.11 Å². The van der Waals surface area contributed by atoms with Gasteiger partial charge >= 0.3 is 6.03 Å². The van der Waals surface area contributed by atoms with E-state index in [-0.39, 0.29) is 0 Å². The lowest BCUT2D eigenvalue weighted by atomic mass is 10.5. The molecule has 0 aliphatic carbocycles. The third-order valence-electron chi connectivity index (χ3n) is 1.17. The molecule has 0 aromatic carbocycles. The second kappa shape index (κ2) is 2.89. The molecule has 0 bridgehead atoms. The molecule has 1 aliphatic heterocycles. The Morgan fingerprint density at radius 1 is 1.58 bits per heavy atom. The molecule has 1 atom stereocenters. The second-order valence-corrected chi connectivity index (χ2v) is 3.20. The maximum atomic E-state index is 10.6. The van der Waals surface area contributed by atoms with Crippen LogP contribution in [0.25, 0.3) is 0 Å². The zero-order chi connectivity index (χ0) is 9.19. The molecule has 0 aromatic rings. The molecule has 1 aliphatic rings. The van der Waals surface area contributed by atoms with E-state index in [9.17, 15) is 13.2 Å². The number of hydrogen-bond acceptors (Lipinski definition) is 5. The predicted octanol–water partition coefficient (Wildman–Crippen LogP) is -1.10. The summed E-state index contributed by atoms with van der Waals surface area (Å²) in [7, 11) is -2.98. The van der Waals surface area contributed by atoms with Crippen molar-refractivity contribution in [3.63, 3.8) is 0 Å². The van der Waals surface area contributed by atoms with Gasteiger partial charge in [-0.15, -0.1) is 5.11 Å². The highest BCUT2D eigenvalue weighted by atomic mass is 32.2. The van der Waals surface area contributed by atoms with Crippen molar-refractivity contribution in [3.05, 3.63) is 12.3 Å². The number of carbonyl (C=O) groups excluding carboxylic acids is 1. The van der Waals surface area contributed by atoms with Gasteiger partial charge in [-0.3, -0.25) is 5.32 Å². The fraction of sp³-hybridized carbons (Fsp3) is 0.250. The Hall–Kier alpha value is -1.44. The van der Waals surface area contributed by atoms with E-state index in [1.54, 1.807) is 0 Å². The van der Waals surface area contributed by atoms with Crippen molar-refractivity contribution in [1.29, 1.82) is 0 Å². The molecule has 7 nitrogen and oxygen atoms in total. The monoisotopic (exact) mass is 190 g/mol. The molecule has 0 fully saturated rings. The van der Waals surface area contributed by atoms with E-state index in [1.165, 1.54) is 6.20 Å². The zero-order valence-corrected chi connectivity index (χ0v) is 6.69. The Labute approximate surface area is 69.3 Å². The summed E-state index contributed by atoms with van der Waals surface area (Å²) in [4.78, 5) is 8.60. The van der Waals surface area contributed by atoms with E-state index in [0.717, 1.165) is 6.08 Å². The summed E-state index contributed by atoms with van der Waals surface area (Å²) in [5.74, 6) is 0. The normalized spacial score (nSPS) is 26.4. The number of urea groups is 1. The van der Waals surface area contributed by atoms with E-state index in [2.05, 4.69) is 10.2 Å². The lowest BCUT2D eigenvalue weighted by Crippen LogP contribution is -2.48. The molecule has 2 amide bonds. The largest absolute Gasteiger partial charge is 0.352 e. The number of primary amides is 1. The molecule has 1 rings (SSSR count). The molecule has 3 N–H and O–H groups in total. The minimum Gasteiger partial charge on any atom is -0.352 e. The van der Waals surface area contributed by atoms with Gasteiger partial charge in [0.2, 0.25) is 0 Å². The van der Waals surface area contributed by atoms with E-state index in [1.807, 2.05) is 5.32 Å². The van der Waals surface area contributed by atoms with Crippen LogP contribution in [0.3, 0.4) is 0 Å². The van der Waals surface area contributed by atoms with Crippen molar-refractivity contribution in [3.8, 4) is 0 Å². The van der Waals surface area contributed by atoms with Crippen LogP contribution in [0.5, 0.6) is 0 Å². The lowest BCUT2D eigenvalue weighted by molar-refractivity contribution is 0.245. The van der Waals surface area contributed by atoms with Crippen LogP contribution in [0.2, 0.25) is 0 Å². The van der Waals surface area contributed by atoms with Gasteiger partial charge in [0.05, 0.1) is 6.20 Å². The first-order valence-corrected chi connectivity index (χ1v) is 4.06. The fourth-order valence-electron chi connectivity index (χ4n) is 0.683. The Morgan fingerprint density at radius 3 is 2.58 bits per heavy atom. The topological polar surface area (TPSA) is 114 Å². The quantitative estimate of drug-likeness (QED) is 0.480. The molecule has 12 heavy (non-hydrogen) atoms. The molecule has 0 saturated heterocycles. The van der Waals surface area contributed by atoms with E-state index >= 15 is 0 Å². The first-order valence-electron chi connectivity index (χ1n) is 2.89. The highest BCUT2D eigenvalue weighted by molar-refractivity contribution is 7.74. The molecule has 0 aromatic heterocycles. The summed E-state index contributed by atoms with van der Waals surface area (Å²) in [6.07, 6.45) is 2.30. The first kappa shape index (κ1) is 8.65. The molecule has 0 spiro atoms. The highest BCUT2D eigenvalue weighted by Gasteiger charge is 2.34. The molecule has 1 unspecified atom stereocenters. The van der Waals surface area contributed by atoms with Gasteiger partial charge in [0, 0.05) is 6.08 Å². The number of rotatable bonds is 2. The molecule has 0 saturated carbocycles. The van der Waals surface area contributed by atoms with Crippen LogP contribution < -0.4 is 11.1 Å². The van der Waals surface area contributed by atoms with Gasteiger partial charge in [0.1, 0.15) is 0 Å². The number of amides is 2. The van der Waals surface area contributed by atoms with E-state index in [0.29, 0.717) is 0 Å². The van der Waals surface area contributed by atoms with Gasteiger partial charge in [0.25, 0.3) is 4.99 Å². The standard InChI is InChI=1S/C4H6N4O3S/c5-3(9)7-4(12(10)11)1-2-6-8-4/h1-2,12H,(H3,5,7,9). The fourth-order valence-corrected chi connectivity index (χ4v) is 1.20. The summed E-state index contributed by atoms with van der Waals surface area (Å²) in [5.41, 5.74) is 4.74. The van der Waals surface area contributed by atoms with Crippen LogP contribution in [0.1, 0.15) is 0 Å². The van der Waals surface area contributed by atoms with E-state index < -0.39 is 21.7 Å². The Morgan fingerprint density at radius 2 is 2.25 bits per heavy atom. The third-order valence-corrected chi connectivity index (χ3v) is 2.08. The van der Waals surface area contributed by atoms with Gasteiger partial charge in [-0.1, -0.05) is 0 Å². The van der Waals surface area contributed by atoms with Gasteiger partial charge in [-0.05, 0) is 0 Å². The predicted molar refractivity (Wildman–Crippen MR) is 39.8 cm³/mol. The third kappa shape index (κ3) is 1.42. The van der Waals surface area contributed by atoms with Crippen LogP contribution in [0.15, 0.2) is 22.5 Å². The summed E-state index contributed by atoms with van der Waals surface area (Å²) in [5, 5.41) is 8.56. The van der Waals surface area contributed by atoms with Crippen molar-refractivity contribution in [2.45, 2.75) is 4.99 Å². The summed E-state index contributed by atoms with van der Waals surface area (Å²) in [6.45, 7) is 0. The van der Waals surface area contributed by atoms with Crippen LogP contribution in [-0.4, -0.2) is 19.4 Å². The zero-order valence-electron chi connectivity index (χ0n) is 5.80. The number of azo groups is 1. The number of hydrogen-bond donors (Lipinski definition) is 3. The SMILES string of the molecule is NC(=O)NC1([SH](=O)=O)C=CN=N1. The summed E-state index contributed by atoms with van der Waals surface area (Å²) < 4.78 is 21.2. The number of thiol groups is 1. The van der Waals surface area contributed by atoms with Gasteiger partial charge in [-0.25, -0.2) is 13.2 Å². The minimum atomic E-state index is -2.98. The van der Waals surface area contributed by atoms with Crippen molar-refractivity contribution in [2.75, 3.05) is 0 Å². The van der Waals surface area contributed by atoms with Crippen molar-refractivity contribution < 1.29 is 13.2 Å². The van der Waals surface area contributed by atoms with Crippen LogP contribution in [-0.2, 0) is 10.7 Å². The number of nitrogens with two attached hydrogens (primary N) is 1.